The fourth-order valence-electron chi connectivity index (χ4n) is 1.55. The second-order valence-electron chi connectivity index (χ2n) is 4.62. The highest BCUT2D eigenvalue weighted by Crippen LogP contribution is 2.17. The largest absolute Gasteiger partial charge is 0.339 e. The van der Waals surface area contributed by atoms with Gasteiger partial charge in [-0.05, 0) is 23.6 Å². The van der Waals surface area contributed by atoms with E-state index >= 15 is 0 Å². The van der Waals surface area contributed by atoms with Crippen LogP contribution in [0.25, 0.3) is 0 Å². The number of aromatic nitrogens is 2. The van der Waals surface area contributed by atoms with Gasteiger partial charge in [0.15, 0.2) is 5.82 Å². The Bertz CT molecular complexity index is 507. The van der Waals surface area contributed by atoms with Gasteiger partial charge in [0.05, 0.1) is 12.5 Å². The predicted octanol–water partition coefficient (Wildman–Crippen LogP) is 3.08. The molecule has 18 heavy (non-hydrogen) atoms. The van der Waals surface area contributed by atoms with Gasteiger partial charge in [0.2, 0.25) is 5.89 Å². The molecule has 0 aliphatic heterocycles. The molecule has 1 unspecified atom stereocenters. The van der Waals surface area contributed by atoms with Gasteiger partial charge in [0.25, 0.3) is 0 Å². The third-order valence-electron chi connectivity index (χ3n) is 2.77. The Hall–Kier alpha value is -1.20. The Kier molecular flexibility index (Phi) is 4.14. The lowest BCUT2D eigenvalue weighted by atomic mass is 10.1. The van der Waals surface area contributed by atoms with Gasteiger partial charge in [-0.25, -0.2) is 0 Å². The van der Waals surface area contributed by atoms with E-state index in [1.165, 1.54) is 0 Å². The molecule has 0 radical (unpaired) electrons. The molecule has 0 fully saturated rings. The third kappa shape index (κ3) is 3.17. The predicted molar refractivity (Wildman–Crippen MR) is 73.0 cm³/mol. The molecule has 1 aromatic carbocycles. The quantitative estimate of drug-likeness (QED) is 0.942. The van der Waals surface area contributed by atoms with E-state index in [9.17, 15) is 0 Å². The molecule has 2 N–H and O–H groups in total. The van der Waals surface area contributed by atoms with Crippen LogP contribution in [-0.4, -0.2) is 10.1 Å². The Morgan fingerprint density at radius 3 is 2.56 bits per heavy atom. The maximum absolute atomic E-state index is 5.97. The fourth-order valence-corrected chi connectivity index (χ4v) is 1.81. The van der Waals surface area contributed by atoms with Crippen molar-refractivity contribution >= 4 is 15.9 Å². The first-order valence-electron chi connectivity index (χ1n) is 5.89. The number of halogens is 1. The van der Waals surface area contributed by atoms with Crippen LogP contribution >= 0.6 is 15.9 Å². The Morgan fingerprint density at radius 1 is 1.28 bits per heavy atom. The average molecular weight is 310 g/mol. The van der Waals surface area contributed by atoms with Gasteiger partial charge < -0.3 is 10.3 Å². The fraction of sp³-hybridized carbons (Fsp3) is 0.385. The lowest BCUT2D eigenvalue weighted by Gasteiger charge is -2.09. The summed E-state index contributed by atoms with van der Waals surface area (Å²) in [6, 6.07) is 7.86. The molecule has 0 saturated carbocycles. The highest BCUT2D eigenvalue weighted by atomic mass is 79.9. The molecule has 96 valence electrons. The Balaban J connectivity index is 2.09. The van der Waals surface area contributed by atoms with Crippen molar-refractivity contribution in [2.45, 2.75) is 26.3 Å². The summed E-state index contributed by atoms with van der Waals surface area (Å²) in [6.45, 7) is 4.07. The van der Waals surface area contributed by atoms with Gasteiger partial charge in [-0.15, -0.1) is 0 Å². The standard InChI is InChI=1S/C13H16BrN3O/c1-8(2)12(15)13-16-11(18-17-13)7-9-3-5-10(14)6-4-9/h3-6,8,12H,7,15H2,1-2H3. The maximum Gasteiger partial charge on any atom is 0.231 e. The number of rotatable bonds is 4. The van der Waals surface area contributed by atoms with E-state index in [0.717, 1.165) is 10.0 Å². The first-order valence-corrected chi connectivity index (χ1v) is 6.68. The summed E-state index contributed by atoms with van der Waals surface area (Å²) in [5, 5.41) is 3.93. The van der Waals surface area contributed by atoms with Crippen molar-refractivity contribution in [2.75, 3.05) is 0 Å². The van der Waals surface area contributed by atoms with Crippen LogP contribution in [0.15, 0.2) is 33.3 Å². The zero-order valence-corrected chi connectivity index (χ0v) is 12.0. The molecule has 0 aliphatic rings. The van der Waals surface area contributed by atoms with Crippen LogP contribution in [-0.2, 0) is 6.42 Å². The SMILES string of the molecule is CC(C)C(N)c1noc(Cc2ccc(Br)cc2)n1. The van der Waals surface area contributed by atoms with E-state index in [0.29, 0.717) is 24.1 Å². The van der Waals surface area contributed by atoms with Crippen molar-refractivity contribution in [1.82, 2.24) is 10.1 Å². The zero-order valence-electron chi connectivity index (χ0n) is 10.4. The molecule has 4 nitrogen and oxygen atoms in total. The van der Waals surface area contributed by atoms with Crippen molar-refractivity contribution < 1.29 is 4.52 Å². The lowest BCUT2D eigenvalue weighted by Crippen LogP contribution is -2.18. The van der Waals surface area contributed by atoms with Crippen LogP contribution in [0.4, 0.5) is 0 Å². The molecule has 2 rings (SSSR count). The van der Waals surface area contributed by atoms with Crippen molar-refractivity contribution in [2.24, 2.45) is 11.7 Å². The summed E-state index contributed by atoms with van der Waals surface area (Å²) in [5.74, 6) is 1.48. The zero-order chi connectivity index (χ0) is 13.1. The highest BCUT2D eigenvalue weighted by Gasteiger charge is 2.17. The summed E-state index contributed by atoms with van der Waals surface area (Å²) >= 11 is 3.40. The van der Waals surface area contributed by atoms with E-state index in [4.69, 9.17) is 10.3 Å². The molecule has 2 aromatic rings. The van der Waals surface area contributed by atoms with Crippen LogP contribution in [0.2, 0.25) is 0 Å². The number of nitrogens with zero attached hydrogens (tertiary/aromatic N) is 2. The maximum atomic E-state index is 5.97. The number of hydrogen-bond donors (Lipinski definition) is 1. The molecule has 1 atom stereocenters. The lowest BCUT2D eigenvalue weighted by molar-refractivity contribution is 0.368. The topological polar surface area (TPSA) is 64.9 Å². The summed E-state index contributed by atoms with van der Waals surface area (Å²) in [5.41, 5.74) is 7.10. The van der Waals surface area contributed by atoms with Gasteiger partial charge in [0.1, 0.15) is 0 Å². The molecule has 0 saturated heterocycles. The van der Waals surface area contributed by atoms with Gasteiger partial charge in [-0.3, -0.25) is 0 Å². The van der Waals surface area contributed by atoms with Crippen LogP contribution in [0.3, 0.4) is 0 Å². The minimum atomic E-state index is -0.174. The molecule has 0 bridgehead atoms. The Morgan fingerprint density at radius 2 is 1.94 bits per heavy atom. The number of hydrogen-bond acceptors (Lipinski definition) is 4. The van der Waals surface area contributed by atoms with Gasteiger partial charge in [-0.1, -0.05) is 47.1 Å². The monoisotopic (exact) mass is 309 g/mol. The molecular weight excluding hydrogens is 294 g/mol. The molecule has 1 heterocycles. The van der Waals surface area contributed by atoms with Gasteiger partial charge >= 0.3 is 0 Å². The summed E-state index contributed by atoms with van der Waals surface area (Å²) in [4.78, 5) is 4.33. The third-order valence-corrected chi connectivity index (χ3v) is 3.30. The second kappa shape index (κ2) is 5.63. The van der Waals surface area contributed by atoms with E-state index in [1.807, 2.05) is 38.1 Å². The highest BCUT2D eigenvalue weighted by molar-refractivity contribution is 9.10. The van der Waals surface area contributed by atoms with Gasteiger partial charge in [-0.2, -0.15) is 4.98 Å². The van der Waals surface area contributed by atoms with Crippen molar-refractivity contribution in [1.29, 1.82) is 0 Å². The van der Waals surface area contributed by atoms with Crippen molar-refractivity contribution in [3.05, 3.63) is 46.0 Å². The van der Waals surface area contributed by atoms with Crippen LogP contribution in [0.1, 0.15) is 37.2 Å². The van der Waals surface area contributed by atoms with Crippen LogP contribution in [0.5, 0.6) is 0 Å². The van der Waals surface area contributed by atoms with Crippen LogP contribution < -0.4 is 5.73 Å². The van der Waals surface area contributed by atoms with E-state index in [2.05, 4.69) is 26.1 Å². The first kappa shape index (κ1) is 13.2. The minimum absolute atomic E-state index is 0.174. The summed E-state index contributed by atoms with van der Waals surface area (Å²) < 4.78 is 6.27. The smallest absolute Gasteiger partial charge is 0.231 e. The van der Waals surface area contributed by atoms with Gasteiger partial charge in [0, 0.05) is 4.47 Å². The molecule has 0 aliphatic carbocycles. The summed E-state index contributed by atoms with van der Waals surface area (Å²) in [6.07, 6.45) is 0.630. The molecule has 0 amide bonds. The normalized spacial score (nSPS) is 12.9. The van der Waals surface area contributed by atoms with E-state index < -0.39 is 0 Å². The molecular formula is C13H16BrN3O. The average Bonchev–Trinajstić information content (AvgIpc) is 2.79. The molecule has 1 aromatic heterocycles. The Labute approximate surface area is 115 Å². The summed E-state index contributed by atoms with van der Waals surface area (Å²) in [7, 11) is 0. The van der Waals surface area contributed by atoms with Crippen molar-refractivity contribution in [3.8, 4) is 0 Å². The molecule has 0 spiro atoms. The van der Waals surface area contributed by atoms with Crippen LogP contribution in [0, 0.1) is 5.92 Å². The van der Waals surface area contributed by atoms with E-state index in [-0.39, 0.29) is 6.04 Å². The van der Waals surface area contributed by atoms with E-state index in [1.54, 1.807) is 0 Å². The number of nitrogens with two attached hydrogens (primary N) is 1. The molecule has 5 heteroatoms. The number of benzene rings is 1. The second-order valence-corrected chi connectivity index (χ2v) is 5.54. The first-order chi connectivity index (χ1) is 8.56. The minimum Gasteiger partial charge on any atom is -0.339 e. The van der Waals surface area contributed by atoms with Crippen molar-refractivity contribution in [3.63, 3.8) is 0 Å².